The first kappa shape index (κ1) is 13.8. The maximum Gasteiger partial charge on any atom is 0.142 e. The lowest BCUT2D eigenvalue weighted by Crippen LogP contribution is -2.38. The van der Waals surface area contributed by atoms with Gasteiger partial charge in [-0.3, -0.25) is 0 Å². The Kier molecular flexibility index (Phi) is 2.88. The molecule has 114 valence electrons. The van der Waals surface area contributed by atoms with Crippen LogP contribution in [-0.4, -0.2) is 47.5 Å². The van der Waals surface area contributed by atoms with Crippen LogP contribution in [0.25, 0.3) is 16.7 Å². The Morgan fingerprint density at radius 2 is 2.05 bits per heavy atom. The molecule has 1 aromatic carbocycles. The molecule has 3 heterocycles. The Hall–Kier alpha value is -1.82. The molecule has 1 aliphatic heterocycles. The van der Waals surface area contributed by atoms with Crippen molar-refractivity contribution < 1.29 is 4.39 Å². The molecule has 1 saturated heterocycles. The van der Waals surface area contributed by atoms with Gasteiger partial charge in [0, 0.05) is 11.0 Å². The molecule has 0 bridgehead atoms. The number of hydrogen-bond acceptors (Lipinski definition) is 2. The van der Waals surface area contributed by atoms with E-state index >= 15 is 0 Å². The molecule has 6 heteroatoms. The Morgan fingerprint density at radius 1 is 1.32 bits per heavy atom. The molecule has 1 N–H and O–H groups in total. The van der Waals surface area contributed by atoms with Crippen LogP contribution in [-0.2, 0) is 5.41 Å². The maximum absolute atomic E-state index is 13.7. The van der Waals surface area contributed by atoms with Crippen LogP contribution in [0.1, 0.15) is 25.3 Å². The van der Waals surface area contributed by atoms with E-state index in [1.165, 1.54) is 5.56 Å². The summed E-state index contributed by atoms with van der Waals surface area (Å²) < 4.78 is 15.6. The van der Waals surface area contributed by atoms with Crippen LogP contribution in [0.15, 0.2) is 18.3 Å². The Balaban J connectivity index is 1.91. The summed E-state index contributed by atoms with van der Waals surface area (Å²) in [6.45, 7) is 4.51. The molecular weight excluding hydrogens is 278 g/mol. The van der Waals surface area contributed by atoms with Gasteiger partial charge in [0.15, 0.2) is 0 Å². The molecule has 0 spiro atoms. The minimum Gasteiger partial charge on any atom is -0.338 e. The monoisotopic (exact) mass is 298 g/mol. The highest BCUT2D eigenvalue weighted by Gasteiger charge is 2.34. The first-order valence-corrected chi connectivity index (χ1v) is 7.82. The van der Waals surface area contributed by atoms with Gasteiger partial charge in [0.05, 0.1) is 17.2 Å². The van der Waals surface area contributed by atoms with Gasteiger partial charge in [-0.05, 0) is 45.1 Å². The number of piperidine rings is 1. The lowest BCUT2D eigenvalue weighted by Gasteiger charge is -2.37. The number of rotatable bonds is 1. The van der Waals surface area contributed by atoms with Crippen LogP contribution in [0.3, 0.4) is 0 Å². The van der Waals surface area contributed by atoms with Crippen LogP contribution in [0.5, 0.6) is 0 Å². The number of aromatic amines is 1. The Labute approximate surface area is 129 Å². The van der Waals surface area contributed by atoms with Crippen molar-refractivity contribution in [3.63, 3.8) is 0 Å². The smallest absolute Gasteiger partial charge is 0.142 e. The molecule has 2 aromatic heterocycles. The summed E-state index contributed by atoms with van der Waals surface area (Å²) in [5, 5.41) is 4.59. The van der Waals surface area contributed by atoms with Gasteiger partial charge in [-0.1, -0.05) is 12.4 Å². The fraction of sp³-hybridized carbons (Fsp3) is 0.438. The fourth-order valence-corrected chi connectivity index (χ4v) is 3.70. The number of benzene rings is 1. The number of nitrogens with zero attached hydrogens (tertiary/aromatic N) is 3. The molecular formula is C16H20BFN4. The molecule has 0 saturated carbocycles. The normalized spacial score (nSPS) is 19.2. The zero-order valence-electron chi connectivity index (χ0n) is 13.3. The van der Waals surface area contributed by atoms with Gasteiger partial charge in [0.25, 0.3) is 0 Å². The lowest BCUT2D eigenvalue weighted by atomic mass is 9.75. The number of fused-ring (bicyclic) bond motifs is 3. The zero-order chi connectivity index (χ0) is 15.5. The average molecular weight is 298 g/mol. The van der Waals surface area contributed by atoms with Crippen LogP contribution >= 0.6 is 0 Å². The molecule has 0 radical (unpaired) electrons. The second-order valence-corrected chi connectivity index (χ2v) is 6.93. The van der Waals surface area contributed by atoms with E-state index in [-0.39, 0.29) is 11.2 Å². The van der Waals surface area contributed by atoms with E-state index in [2.05, 4.69) is 29.0 Å². The topological polar surface area (TPSA) is 36.3 Å². The Morgan fingerprint density at radius 3 is 2.77 bits per heavy atom. The minimum atomic E-state index is -0.207. The van der Waals surface area contributed by atoms with Crippen molar-refractivity contribution in [3.8, 4) is 0 Å². The number of imidazole rings is 1. The van der Waals surface area contributed by atoms with Crippen molar-refractivity contribution in [2.75, 3.05) is 20.1 Å². The molecule has 0 amide bonds. The van der Waals surface area contributed by atoms with Crippen molar-refractivity contribution >= 4 is 30.0 Å². The number of H-pyrrole nitrogens is 1. The number of likely N-dealkylation sites (tertiary alicyclic amines) is 1. The molecule has 0 aliphatic carbocycles. The summed E-state index contributed by atoms with van der Waals surface area (Å²) in [6.07, 6.45) is 4.22. The van der Waals surface area contributed by atoms with Gasteiger partial charge in [-0.2, -0.15) is 5.10 Å². The molecule has 22 heavy (non-hydrogen) atoms. The highest BCUT2D eigenvalue weighted by atomic mass is 19.1. The van der Waals surface area contributed by atoms with Crippen LogP contribution in [0.4, 0.5) is 4.39 Å². The summed E-state index contributed by atoms with van der Waals surface area (Å²) in [4.78, 5) is 5.76. The van der Waals surface area contributed by atoms with Gasteiger partial charge >= 0.3 is 0 Å². The molecule has 1 fully saturated rings. The summed E-state index contributed by atoms with van der Waals surface area (Å²) in [6, 6.07) is 3.12. The lowest BCUT2D eigenvalue weighted by molar-refractivity contribution is 0.201. The third kappa shape index (κ3) is 1.90. The average Bonchev–Trinajstić information content (AvgIpc) is 3.00. The van der Waals surface area contributed by atoms with Gasteiger partial charge < -0.3 is 9.88 Å². The van der Waals surface area contributed by atoms with E-state index in [0.717, 1.165) is 48.1 Å². The Bertz CT molecular complexity index is 858. The predicted octanol–water partition coefficient (Wildman–Crippen LogP) is 1.20. The third-order valence-electron chi connectivity index (χ3n) is 5.24. The van der Waals surface area contributed by atoms with Crippen molar-refractivity contribution in [2.24, 2.45) is 0 Å². The fourth-order valence-electron chi connectivity index (χ4n) is 3.70. The second kappa shape index (κ2) is 4.59. The van der Waals surface area contributed by atoms with Crippen LogP contribution in [0, 0.1) is 5.82 Å². The number of hydrogen-bond donors (Lipinski definition) is 1. The van der Waals surface area contributed by atoms with E-state index in [4.69, 9.17) is 0 Å². The van der Waals surface area contributed by atoms with E-state index in [1.54, 1.807) is 12.1 Å². The van der Waals surface area contributed by atoms with Crippen LogP contribution in [0.2, 0.25) is 0 Å². The maximum atomic E-state index is 13.7. The van der Waals surface area contributed by atoms with E-state index < -0.39 is 0 Å². The zero-order valence-corrected chi connectivity index (χ0v) is 13.3. The van der Waals surface area contributed by atoms with E-state index in [9.17, 15) is 4.39 Å². The van der Waals surface area contributed by atoms with Crippen molar-refractivity contribution in [1.82, 2.24) is 19.5 Å². The van der Waals surface area contributed by atoms with Crippen molar-refractivity contribution in [2.45, 2.75) is 25.2 Å². The summed E-state index contributed by atoms with van der Waals surface area (Å²) in [5.74, 6) is -0.207. The number of aromatic nitrogens is 3. The standard InChI is InChI=1S/C16H20BFN4/c1-16(3-5-21(2)6-4-16)11-9-19-22-14-12(17)7-10(18)8-13(14)20-15(11)22/h7-9,20H,3-6,17H2,1-2H3. The predicted molar refractivity (Wildman–Crippen MR) is 89.3 cm³/mol. The number of nitrogens with one attached hydrogen (secondary N) is 1. The van der Waals surface area contributed by atoms with E-state index in [1.807, 2.05) is 18.6 Å². The molecule has 1 aliphatic rings. The van der Waals surface area contributed by atoms with Gasteiger partial charge in [-0.15, -0.1) is 0 Å². The molecule has 3 aromatic rings. The molecule has 0 unspecified atom stereocenters. The summed E-state index contributed by atoms with van der Waals surface area (Å²) in [5.41, 5.74) is 5.08. The SMILES string of the molecule is Bc1cc(F)cc2[nH]c3c(C4(C)CCN(C)CC4)cnn3c12. The largest absolute Gasteiger partial charge is 0.338 e. The number of halogens is 1. The molecule has 4 rings (SSSR count). The highest BCUT2D eigenvalue weighted by molar-refractivity contribution is 6.38. The summed E-state index contributed by atoms with van der Waals surface area (Å²) >= 11 is 0. The van der Waals surface area contributed by atoms with Gasteiger partial charge in [-0.25, -0.2) is 8.91 Å². The molecule has 0 atom stereocenters. The van der Waals surface area contributed by atoms with Crippen molar-refractivity contribution in [1.29, 1.82) is 0 Å². The first-order valence-electron chi connectivity index (χ1n) is 7.82. The second-order valence-electron chi connectivity index (χ2n) is 6.93. The van der Waals surface area contributed by atoms with Crippen molar-refractivity contribution in [3.05, 3.63) is 29.7 Å². The first-order chi connectivity index (χ1) is 10.5. The summed E-state index contributed by atoms with van der Waals surface area (Å²) in [7, 11) is 4.10. The van der Waals surface area contributed by atoms with Gasteiger partial charge in [0.1, 0.15) is 19.3 Å². The van der Waals surface area contributed by atoms with Gasteiger partial charge in [0.2, 0.25) is 0 Å². The minimum absolute atomic E-state index is 0.127. The highest BCUT2D eigenvalue weighted by Crippen LogP contribution is 2.37. The third-order valence-corrected chi connectivity index (χ3v) is 5.24. The quantitative estimate of drug-likeness (QED) is 0.685. The molecule has 4 nitrogen and oxygen atoms in total. The van der Waals surface area contributed by atoms with Crippen LogP contribution < -0.4 is 5.46 Å². The van der Waals surface area contributed by atoms with E-state index in [0.29, 0.717) is 0 Å².